The van der Waals surface area contributed by atoms with Crippen molar-refractivity contribution >= 4 is 54.9 Å². The molecule has 0 saturated carbocycles. The third-order valence-electron chi connectivity index (χ3n) is 7.16. The second-order valence-electron chi connectivity index (χ2n) is 9.61. The molecule has 0 aliphatic carbocycles. The lowest BCUT2D eigenvalue weighted by Gasteiger charge is -2.32. The Balaban J connectivity index is 1.58. The van der Waals surface area contributed by atoms with Crippen molar-refractivity contribution < 1.29 is 9.31 Å². The number of benzene rings is 4. The Morgan fingerprint density at radius 3 is 2.00 bits per heavy atom. The van der Waals surface area contributed by atoms with Crippen LogP contribution in [-0.2, 0) is 9.31 Å². The van der Waals surface area contributed by atoms with Gasteiger partial charge in [-0.15, -0.1) is 11.3 Å². The van der Waals surface area contributed by atoms with Crippen molar-refractivity contribution in [2.75, 3.05) is 0 Å². The molecule has 32 heavy (non-hydrogen) atoms. The summed E-state index contributed by atoms with van der Waals surface area (Å²) in [6.45, 7) is 8.41. The van der Waals surface area contributed by atoms with Crippen LogP contribution in [0.3, 0.4) is 0 Å². The van der Waals surface area contributed by atoms with Crippen molar-refractivity contribution in [2.45, 2.75) is 38.9 Å². The van der Waals surface area contributed by atoms with E-state index in [1.54, 1.807) is 0 Å². The Hall–Kier alpha value is -2.66. The minimum Gasteiger partial charge on any atom is -0.399 e. The molecule has 0 bridgehead atoms. The zero-order valence-electron chi connectivity index (χ0n) is 18.8. The van der Waals surface area contributed by atoms with Crippen molar-refractivity contribution in [1.82, 2.24) is 0 Å². The second kappa shape index (κ2) is 6.92. The fraction of sp³-hybridized carbons (Fsp3) is 0.214. The molecule has 6 rings (SSSR count). The molecule has 1 saturated heterocycles. The van der Waals surface area contributed by atoms with Gasteiger partial charge in [-0.1, -0.05) is 66.7 Å². The van der Waals surface area contributed by atoms with Crippen molar-refractivity contribution in [3.05, 3.63) is 78.9 Å². The number of fused-ring (bicyclic) bond motifs is 4. The molecular weight excluding hydrogens is 411 g/mol. The normalized spacial score (nSPS) is 17.6. The largest absolute Gasteiger partial charge is 0.495 e. The first kappa shape index (κ1) is 20.0. The molecule has 1 aliphatic rings. The van der Waals surface area contributed by atoms with Gasteiger partial charge >= 0.3 is 7.12 Å². The minimum atomic E-state index is -0.378. The smallest absolute Gasteiger partial charge is 0.399 e. The molecule has 1 aromatic heterocycles. The molecule has 4 heteroatoms. The van der Waals surface area contributed by atoms with Crippen LogP contribution in [0.1, 0.15) is 27.7 Å². The highest BCUT2D eigenvalue weighted by atomic mass is 32.1. The van der Waals surface area contributed by atoms with Crippen LogP contribution in [0.2, 0.25) is 0 Å². The maximum Gasteiger partial charge on any atom is 0.495 e. The van der Waals surface area contributed by atoms with Gasteiger partial charge in [-0.2, -0.15) is 0 Å². The highest BCUT2D eigenvalue weighted by Crippen LogP contribution is 2.42. The Labute approximate surface area is 192 Å². The summed E-state index contributed by atoms with van der Waals surface area (Å²) in [5, 5.41) is 5.06. The van der Waals surface area contributed by atoms with Crippen LogP contribution >= 0.6 is 11.3 Å². The predicted octanol–water partition coefficient (Wildman–Crippen LogP) is 7.17. The molecule has 5 aromatic rings. The van der Waals surface area contributed by atoms with E-state index in [1.165, 1.54) is 42.1 Å². The lowest BCUT2D eigenvalue weighted by molar-refractivity contribution is 0.00578. The molecule has 0 unspecified atom stereocenters. The molecule has 0 spiro atoms. The summed E-state index contributed by atoms with van der Waals surface area (Å²) in [7, 11) is -0.378. The van der Waals surface area contributed by atoms with E-state index >= 15 is 0 Å². The number of hydrogen-bond donors (Lipinski definition) is 0. The number of hydrogen-bond acceptors (Lipinski definition) is 3. The molecule has 1 aliphatic heterocycles. The maximum atomic E-state index is 6.40. The van der Waals surface area contributed by atoms with Gasteiger partial charge in [0.2, 0.25) is 0 Å². The Morgan fingerprint density at radius 1 is 0.594 bits per heavy atom. The van der Waals surface area contributed by atoms with Gasteiger partial charge in [-0.05, 0) is 67.2 Å². The number of rotatable bonds is 2. The highest BCUT2D eigenvalue weighted by molar-refractivity contribution is 7.25. The molecule has 1 fully saturated rings. The summed E-state index contributed by atoms with van der Waals surface area (Å²) in [5.41, 5.74) is 2.88. The van der Waals surface area contributed by atoms with Crippen molar-refractivity contribution in [3.63, 3.8) is 0 Å². The zero-order chi connectivity index (χ0) is 22.1. The molecule has 0 radical (unpaired) electrons. The van der Waals surface area contributed by atoms with E-state index in [0.717, 1.165) is 5.46 Å². The Morgan fingerprint density at radius 2 is 1.19 bits per heavy atom. The van der Waals surface area contributed by atoms with Gasteiger partial charge in [0, 0.05) is 20.2 Å². The predicted molar refractivity (Wildman–Crippen MR) is 138 cm³/mol. The first-order chi connectivity index (χ1) is 15.4. The fourth-order valence-electron chi connectivity index (χ4n) is 4.74. The van der Waals surface area contributed by atoms with Gasteiger partial charge in [-0.25, -0.2) is 0 Å². The summed E-state index contributed by atoms with van der Waals surface area (Å²) in [6, 6.07) is 28.4. The van der Waals surface area contributed by atoms with Crippen LogP contribution in [0, 0.1) is 0 Å². The van der Waals surface area contributed by atoms with Crippen molar-refractivity contribution in [1.29, 1.82) is 0 Å². The van der Waals surface area contributed by atoms with Gasteiger partial charge in [0.15, 0.2) is 0 Å². The van der Waals surface area contributed by atoms with E-state index in [9.17, 15) is 0 Å². The van der Waals surface area contributed by atoms with Gasteiger partial charge < -0.3 is 9.31 Å². The SMILES string of the molecule is CC1(C)OB(c2cccc3c(-c4cccc5sc6ccccc6c45)cccc23)OC1(C)C. The molecule has 0 atom stereocenters. The van der Waals surface area contributed by atoms with Gasteiger partial charge in [0.25, 0.3) is 0 Å². The molecule has 2 heterocycles. The summed E-state index contributed by atoms with van der Waals surface area (Å²) in [5.74, 6) is 0. The molecule has 4 aromatic carbocycles. The summed E-state index contributed by atoms with van der Waals surface area (Å²) in [6.07, 6.45) is 0. The highest BCUT2D eigenvalue weighted by Gasteiger charge is 2.52. The van der Waals surface area contributed by atoms with E-state index in [2.05, 4.69) is 107 Å². The lowest BCUT2D eigenvalue weighted by atomic mass is 9.75. The number of thiophene rings is 1. The zero-order valence-corrected chi connectivity index (χ0v) is 19.6. The molecular formula is C28H25BO2S. The Bertz CT molecular complexity index is 1480. The quantitative estimate of drug-likeness (QED) is 0.273. The van der Waals surface area contributed by atoms with Gasteiger partial charge in [0.05, 0.1) is 11.2 Å². The summed E-state index contributed by atoms with van der Waals surface area (Å²) >= 11 is 1.86. The molecule has 2 nitrogen and oxygen atoms in total. The van der Waals surface area contributed by atoms with Crippen molar-refractivity contribution in [2.24, 2.45) is 0 Å². The monoisotopic (exact) mass is 436 g/mol. The van der Waals surface area contributed by atoms with Crippen LogP contribution in [0.25, 0.3) is 42.1 Å². The third-order valence-corrected chi connectivity index (χ3v) is 8.29. The molecule has 0 amide bonds. The third kappa shape index (κ3) is 2.87. The molecule has 158 valence electrons. The second-order valence-corrected chi connectivity index (χ2v) is 10.7. The van der Waals surface area contributed by atoms with Crippen molar-refractivity contribution in [3.8, 4) is 11.1 Å². The Kier molecular flexibility index (Phi) is 4.32. The van der Waals surface area contributed by atoms with Gasteiger partial charge in [-0.3, -0.25) is 0 Å². The van der Waals surface area contributed by atoms with Gasteiger partial charge in [0.1, 0.15) is 0 Å². The van der Waals surface area contributed by atoms with E-state index in [0.29, 0.717) is 0 Å². The van der Waals surface area contributed by atoms with Crippen LogP contribution in [-0.4, -0.2) is 18.3 Å². The molecule has 0 N–H and O–H groups in total. The summed E-state index contributed by atoms with van der Waals surface area (Å²) in [4.78, 5) is 0. The van der Waals surface area contributed by atoms with E-state index in [1.807, 2.05) is 11.3 Å². The average Bonchev–Trinajstić information content (AvgIpc) is 3.26. The fourth-order valence-corrected chi connectivity index (χ4v) is 5.88. The van der Waals surface area contributed by atoms with Crippen LogP contribution in [0.5, 0.6) is 0 Å². The lowest BCUT2D eigenvalue weighted by Crippen LogP contribution is -2.41. The van der Waals surface area contributed by atoms with E-state index in [-0.39, 0.29) is 18.3 Å². The topological polar surface area (TPSA) is 18.5 Å². The van der Waals surface area contributed by atoms with Crippen LogP contribution < -0.4 is 5.46 Å². The maximum absolute atomic E-state index is 6.40. The summed E-state index contributed by atoms with van der Waals surface area (Å²) < 4.78 is 15.4. The first-order valence-electron chi connectivity index (χ1n) is 11.1. The van der Waals surface area contributed by atoms with Crippen LogP contribution in [0.15, 0.2) is 78.9 Å². The first-order valence-corrected chi connectivity index (χ1v) is 12.0. The minimum absolute atomic E-state index is 0.362. The van der Waals surface area contributed by atoms with Crippen LogP contribution in [0.4, 0.5) is 0 Å². The average molecular weight is 436 g/mol. The van der Waals surface area contributed by atoms with E-state index in [4.69, 9.17) is 9.31 Å². The van der Waals surface area contributed by atoms with E-state index < -0.39 is 0 Å². The standard InChI is InChI=1S/C28H25BO2S/c1-27(2)28(3,4)31-29(30-27)23-15-8-12-18-19(11-7-13-20(18)23)21-14-9-17-25-26(21)22-10-5-6-16-24(22)32-25/h5-17H,1-4H3.